The molecule has 0 aliphatic heterocycles. The van der Waals surface area contributed by atoms with Crippen LogP contribution in [0.3, 0.4) is 0 Å². The van der Waals surface area contributed by atoms with E-state index in [9.17, 15) is 13.2 Å². The fourth-order valence-corrected chi connectivity index (χ4v) is 1.85. The lowest BCUT2D eigenvalue weighted by atomic mass is 10.2. The molecule has 0 spiro atoms. The number of rotatable bonds is 6. The zero-order valence-corrected chi connectivity index (χ0v) is 9.72. The fourth-order valence-electron chi connectivity index (χ4n) is 1.17. The van der Waals surface area contributed by atoms with Crippen LogP contribution in [0.1, 0.15) is 19.3 Å². The Balaban J connectivity index is 2.19. The molecule has 15 heavy (non-hydrogen) atoms. The van der Waals surface area contributed by atoms with Crippen molar-refractivity contribution >= 4 is 15.7 Å². The summed E-state index contributed by atoms with van der Waals surface area (Å²) in [5.41, 5.74) is 5.55. The third kappa shape index (κ3) is 5.74. The van der Waals surface area contributed by atoms with Crippen molar-refractivity contribution in [3.8, 4) is 0 Å². The largest absolute Gasteiger partial charge is 0.354 e. The molecule has 0 aromatic rings. The molecule has 3 N–H and O–H groups in total. The number of carbonyl (C=O) groups excluding carboxylic acids is 1. The zero-order valence-electron chi connectivity index (χ0n) is 8.90. The van der Waals surface area contributed by atoms with E-state index in [1.54, 1.807) is 0 Å². The van der Waals surface area contributed by atoms with Crippen molar-refractivity contribution in [1.82, 2.24) is 5.32 Å². The third-order valence-corrected chi connectivity index (χ3v) is 3.38. The van der Waals surface area contributed by atoms with Crippen LogP contribution in [0.25, 0.3) is 0 Å². The first-order chi connectivity index (χ1) is 6.88. The van der Waals surface area contributed by atoms with Crippen molar-refractivity contribution in [2.24, 2.45) is 11.7 Å². The first-order valence-electron chi connectivity index (χ1n) is 5.09. The van der Waals surface area contributed by atoms with Gasteiger partial charge >= 0.3 is 0 Å². The van der Waals surface area contributed by atoms with Gasteiger partial charge in [0.2, 0.25) is 5.91 Å². The van der Waals surface area contributed by atoms with Crippen LogP contribution in [0.4, 0.5) is 0 Å². The van der Waals surface area contributed by atoms with Gasteiger partial charge in [-0.1, -0.05) is 0 Å². The molecule has 1 saturated carbocycles. The summed E-state index contributed by atoms with van der Waals surface area (Å²) in [6.07, 6.45) is 3.66. The maximum atomic E-state index is 11.4. The molecule has 0 aromatic carbocycles. The average Bonchev–Trinajstić information content (AvgIpc) is 2.92. The van der Waals surface area contributed by atoms with Crippen LogP contribution in [0.15, 0.2) is 0 Å². The smallest absolute Gasteiger partial charge is 0.236 e. The second kappa shape index (κ2) is 4.94. The van der Waals surface area contributed by atoms with Crippen LogP contribution in [0, 0.1) is 5.92 Å². The highest BCUT2D eigenvalue weighted by atomic mass is 32.2. The predicted molar refractivity (Wildman–Crippen MR) is 58.0 cm³/mol. The van der Waals surface area contributed by atoms with Gasteiger partial charge in [0.25, 0.3) is 0 Å². The van der Waals surface area contributed by atoms with Crippen molar-refractivity contribution < 1.29 is 13.2 Å². The number of hydrogen-bond donors (Lipinski definition) is 2. The minimum absolute atomic E-state index is 0.0367. The van der Waals surface area contributed by atoms with Crippen molar-refractivity contribution in [3.05, 3.63) is 0 Å². The summed E-state index contributed by atoms with van der Waals surface area (Å²) >= 11 is 0. The van der Waals surface area contributed by atoms with E-state index >= 15 is 0 Å². The lowest BCUT2D eigenvalue weighted by molar-refractivity contribution is -0.122. The van der Waals surface area contributed by atoms with E-state index in [4.69, 9.17) is 5.73 Å². The second-order valence-electron chi connectivity index (χ2n) is 4.21. The molecular formula is C9H18N2O3S. The molecule has 0 aromatic heterocycles. The third-order valence-electron chi connectivity index (χ3n) is 2.40. The minimum atomic E-state index is -3.03. The van der Waals surface area contributed by atoms with E-state index in [0.717, 1.165) is 6.26 Å². The summed E-state index contributed by atoms with van der Waals surface area (Å²) in [4.78, 5) is 11.4. The summed E-state index contributed by atoms with van der Waals surface area (Å²) in [6.45, 7) is 0.672. The van der Waals surface area contributed by atoms with Crippen molar-refractivity contribution in [3.63, 3.8) is 0 Å². The summed E-state index contributed by atoms with van der Waals surface area (Å²) in [5.74, 6) is 0.326. The lowest BCUT2D eigenvalue weighted by Gasteiger charge is -2.11. The van der Waals surface area contributed by atoms with E-state index in [1.165, 1.54) is 12.8 Å². The van der Waals surface area contributed by atoms with Crippen molar-refractivity contribution in [1.29, 1.82) is 0 Å². The number of amides is 1. The molecule has 0 radical (unpaired) electrons. The van der Waals surface area contributed by atoms with E-state index in [2.05, 4.69) is 5.32 Å². The molecule has 1 atom stereocenters. The fraction of sp³-hybridized carbons (Fsp3) is 0.889. The van der Waals surface area contributed by atoms with Crippen LogP contribution in [0.2, 0.25) is 0 Å². The molecular weight excluding hydrogens is 216 g/mol. The highest BCUT2D eigenvalue weighted by Crippen LogP contribution is 2.27. The monoisotopic (exact) mass is 234 g/mol. The van der Waals surface area contributed by atoms with Gasteiger partial charge in [-0.3, -0.25) is 4.79 Å². The van der Waals surface area contributed by atoms with Gasteiger partial charge in [0.1, 0.15) is 9.84 Å². The molecule has 1 rings (SSSR count). The zero-order chi connectivity index (χ0) is 11.5. The average molecular weight is 234 g/mol. The summed E-state index contributed by atoms with van der Waals surface area (Å²) in [7, 11) is -3.03. The van der Waals surface area contributed by atoms with E-state index in [-0.39, 0.29) is 18.1 Å². The molecule has 0 bridgehead atoms. The summed E-state index contributed by atoms with van der Waals surface area (Å²) in [5, 5.41) is 2.72. The Morgan fingerprint density at radius 1 is 1.53 bits per heavy atom. The predicted octanol–water partition coefficient (Wildman–Crippen LogP) is -0.725. The van der Waals surface area contributed by atoms with Gasteiger partial charge in [0.15, 0.2) is 0 Å². The Kier molecular flexibility index (Phi) is 4.10. The van der Waals surface area contributed by atoms with Gasteiger partial charge < -0.3 is 11.1 Å². The molecule has 6 heteroatoms. The molecule has 0 saturated heterocycles. The normalized spacial score (nSPS) is 18.5. The molecule has 1 amide bonds. The molecule has 1 fully saturated rings. The van der Waals surface area contributed by atoms with Crippen LogP contribution in [-0.2, 0) is 14.6 Å². The highest BCUT2D eigenvalue weighted by molar-refractivity contribution is 7.90. The SMILES string of the molecule is CS(=O)(=O)CCC(N)C(=O)NCC1CC1. The number of sulfone groups is 1. The first kappa shape index (κ1) is 12.4. The van der Waals surface area contributed by atoms with E-state index in [1.807, 2.05) is 0 Å². The summed E-state index contributed by atoms with van der Waals surface area (Å²) < 4.78 is 21.7. The summed E-state index contributed by atoms with van der Waals surface area (Å²) in [6, 6.07) is -0.710. The molecule has 1 unspecified atom stereocenters. The Morgan fingerprint density at radius 3 is 2.60 bits per heavy atom. The highest BCUT2D eigenvalue weighted by Gasteiger charge is 2.23. The van der Waals surface area contributed by atoms with Gasteiger partial charge in [0.05, 0.1) is 11.8 Å². The van der Waals surface area contributed by atoms with Crippen LogP contribution < -0.4 is 11.1 Å². The molecule has 1 aliphatic rings. The van der Waals surface area contributed by atoms with Gasteiger partial charge in [-0.25, -0.2) is 8.42 Å². The minimum Gasteiger partial charge on any atom is -0.354 e. The van der Waals surface area contributed by atoms with Crippen LogP contribution >= 0.6 is 0 Å². The first-order valence-corrected chi connectivity index (χ1v) is 7.15. The van der Waals surface area contributed by atoms with Crippen molar-refractivity contribution in [2.75, 3.05) is 18.6 Å². The Hall–Kier alpha value is -0.620. The molecule has 0 heterocycles. The number of nitrogens with two attached hydrogens (primary N) is 1. The van der Waals surface area contributed by atoms with Crippen molar-refractivity contribution in [2.45, 2.75) is 25.3 Å². The van der Waals surface area contributed by atoms with Crippen LogP contribution in [0.5, 0.6) is 0 Å². The number of carbonyl (C=O) groups is 1. The Bertz CT molecular complexity index is 322. The van der Waals surface area contributed by atoms with Gasteiger partial charge in [0, 0.05) is 12.8 Å². The van der Waals surface area contributed by atoms with Gasteiger partial charge in [-0.05, 0) is 25.2 Å². The number of nitrogens with one attached hydrogen (secondary N) is 1. The lowest BCUT2D eigenvalue weighted by Crippen LogP contribution is -2.42. The Morgan fingerprint density at radius 2 is 2.13 bits per heavy atom. The number of hydrogen-bond acceptors (Lipinski definition) is 4. The van der Waals surface area contributed by atoms with Gasteiger partial charge in [-0.15, -0.1) is 0 Å². The second-order valence-corrected chi connectivity index (χ2v) is 6.47. The maximum absolute atomic E-state index is 11.4. The van der Waals surface area contributed by atoms with E-state index < -0.39 is 15.9 Å². The van der Waals surface area contributed by atoms with Gasteiger partial charge in [-0.2, -0.15) is 0 Å². The maximum Gasteiger partial charge on any atom is 0.236 e. The molecule has 1 aliphatic carbocycles. The molecule has 88 valence electrons. The topological polar surface area (TPSA) is 89.3 Å². The van der Waals surface area contributed by atoms with Crippen LogP contribution in [-0.4, -0.2) is 38.9 Å². The van der Waals surface area contributed by atoms with E-state index in [0.29, 0.717) is 12.5 Å². The Labute approximate surface area is 90.3 Å². The quantitative estimate of drug-likeness (QED) is 0.634. The molecule has 5 nitrogen and oxygen atoms in total. The standard InChI is InChI=1S/C9H18N2O3S/c1-15(13,14)5-4-8(10)9(12)11-6-7-2-3-7/h7-8H,2-6,10H2,1H3,(H,11,12).